The highest BCUT2D eigenvalue weighted by Crippen LogP contribution is 2.27. The quantitative estimate of drug-likeness (QED) is 0.778. The van der Waals surface area contributed by atoms with Crippen molar-refractivity contribution in [3.63, 3.8) is 0 Å². The van der Waals surface area contributed by atoms with Gasteiger partial charge in [0, 0.05) is 63.1 Å². The largest absolute Gasteiger partial charge is 0.323 e. The van der Waals surface area contributed by atoms with E-state index in [4.69, 9.17) is 11.6 Å². The summed E-state index contributed by atoms with van der Waals surface area (Å²) in [5.41, 5.74) is 0.822. The van der Waals surface area contributed by atoms with Gasteiger partial charge in [-0.15, -0.1) is 0 Å². The van der Waals surface area contributed by atoms with Gasteiger partial charge in [-0.25, -0.2) is 4.79 Å². The molecule has 1 aliphatic carbocycles. The molecular formula is C21H29ClN4O2. The summed E-state index contributed by atoms with van der Waals surface area (Å²) in [6.07, 6.45) is 5.01. The Morgan fingerprint density at radius 3 is 2.32 bits per heavy atom. The topological polar surface area (TPSA) is 47.1 Å². The van der Waals surface area contributed by atoms with Gasteiger partial charge >= 0.3 is 6.03 Å². The molecule has 0 unspecified atom stereocenters. The van der Waals surface area contributed by atoms with Crippen LogP contribution in [0.1, 0.15) is 25.7 Å². The lowest BCUT2D eigenvalue weighted by Gasteiger charge is -2.42. The number of benzene rings is 1. The number of carbonyl (C=O) groups excluding carboxylic acids is 2. The van der Waals surface area contributed by atoms with Crippen LogP contribution in [0.2, 0.25) is 5.02 Å². The molecular weight excluding hydrogens is 376 g/mol. The van der Waals surface area contributed by atoms with E-state index in [0.29, 0.717) is 18.1 Å². The summed E-state index contributed by atoms with van der Waals surface area (Å²) in [4.78, 5) is 33.5. The van der Waals surface area contributed by atoms with E-state index in [1.54, 1.807) is 24.1 Å². The minimum absolute atomic E-state index is 0.0541. The number of nitrogens with zero attached hydrogens (tertiary/aromatic N) is 4. The molecule has 0 atom stereocenters. The van der Waals surface area contributed by atoms with Crippen molar-refractivity contribution >= 4 is 29.2 Å². The summed E-state index contributed by atoms with van der Waals surface area (Å²) < 4.78 is 0. The van der Waals surface area contributed by atoms with E-state index < -0.39 is 0 Å². The molecule has 0 bridgehead atoms. The van der Waals surface area contributed by atoms with Crippen molar-refractivity contribution in [2.75, 3.05) is 51.2 Å². The van der Waals surface area contributed by atoms with Gasteiger partial charge in [-0.2, -0.15) is 0 Å². The lowest BCUT2D eigenvalue weighted by molar-refractivity contribution is -0.126. The number of hydrogen-bond donors (Lipinski definition) is 0. The first kappa shape index (κ1) is 19.5. The van der Waals surface area contributed by atoms with Crippen LogP contribution in [0.15, 0.2) is 24.3 Å². The second kappa shape index (κ2) is 8.29. The average molecular weight is 405 g/mol. The standard InChI is InChI=1S/C21H29ClN4O2/c1-23(18-8-6-17(22)7-9-18)20(27)16-14-26(15-16)21(28)25-11-3-10-24(12-13-25)19-4-2-5-19/h6-9,16,19H,2-5,10-15H2,1H3. The second-order valence-electron chi connectivity index (χ2n) is 8.22. The van der Waals surface area contributed by atoms with Crippen molar-refractivity contribution in [2.24, 2.45) is 5.92 Å². The van der Waals surface area contributed by atoms with Gasteiger partial charge in [0.1, 0.15) is 0 Å². The van der Waals surface area contributed by atoms with Gasteiger partial charge in [0.2, 0.25) is 5.91 Å². The maximum atomic E-state index is 12.8. The van der Waals surface area contributed by atoms with Gasteiger partial charge in [-0.05, 0) is 43.5 Å². The van der Waals surface area contributed by atoms with Crippen molar-refractivity contribution in [2.45, 2.75) is 31.7 Å². The molecule has 4 rings (SSSR count). The lowest BCUT2D eigenvalue weighted by Crippen LogP contribution is -2.59. The number of carbonyl (C=O) groups is 2. The van der Waals surface area contributed by atoms with E-state index in [1.807, 2.05) is 21.9 Å². The van der Waals surface area contributed by atoms with Crippen molar-refractivity contribution in [1.82, 2.24) is 14.7 Å². The van der Waals surface area contributed by atoms with Crippen molar-refractivity contribution < 1.29 is 9.59 Å². The molecule has 1 aromatic carbocycles. The minimum Gasteiger partial charge on any atom is -0.323 e. The Bertz CT molecular complexity index is 716. The van der Waals surface area contributed by atoms with Crippen LogP contribution >= 0.6 is 11.6 Å². The molecule has 2 heterocycles. The molecule has 0 spiro atoms. The van der Waals surface area contributed by atoms with E-state index in [-0.39, 0.29) is 17.9 Å². The number of halogens is 1. The van der Waals surface area contributed by atoms with E-state index in [2.05, 4.69) is 4.90 Å². The molecule has 3 amide bonds. The molecule has 7 heteroatoms. The number of amides is 3. The summed E-state index contributed by atoms with van der Waals surface area (Å²) in [5, 5.41) is 0.651. The van der Waals surface area contributed by atoms with Crippen LogP contribution in [0.5, 0.6) is 0 Å². The van der Waals surface area contributed by atoms with Crippen LogP contribution in [0, 0.1) is 5.92 Å². The molecule has 0 radical (unpaired) electrons. The van der Waals surface area contributed by atoms with E-state index in [1.165, 1.54) is 19.3 Å². The van der Waals surface area contributed by atoms with Crippen molar-refractivity contribution in [1.29, 1.82) is 0 Å². The third-order valence-corrected chi connectivity index (χ3v) is 6.69. The molecule has 28 heavy (non-hydrogen) atoms. The lowest BCUT2D eigenvalue weighted by atomic mass is 9.91. The zero-order valence-electron chi connectivity index (χ0n) is 16.5. The molecule has 0 aromatic heterocycles. The molecule has 3 fully saturated rings. The van der Waals surface area contributed by atoms with E-state index >= 15 is 0 Å². The fourth-order valence-corrected chi connectivity index (χ4v) is 4.43. The molecule has 152 valence electrons. The zero-order chi connectivity index (χ0) is 19.7. The van der Waals surface area contributed by atoms with Gasteiger partial charge in [-0.3, -0.25) is 9.69 Å². The number of rotatable bonds is 3. The first-order valence-electron chi connectivity index (χ1n) is 10.3. The summed E-state index contributed by atoms with van der Waals surface area (Å²) in [5.74, 6) is -0.0681. The highest BCUT2D eigenvalue weighted by atomic mass is 35.5. The first-order valence-corrected chi connectivity index (χ1v) is 10.7. The third-order valence-electron chi connectivity index (χ3n) is 6.44. The number of likely N-dealkylation sites (tertiary alicyclic amines) is 1. The molecule has 1 aromatic rings. The Balaban J connectivity index is 1.26. The van der Waals surface area contributed by atoms with E-state index in [9.17, 15) is 9.59 Å². The van der Waals surface area contributed by atoms with E-state index in [0.717, 1.165) is 44.3 Å². The van der Waals surface area contributed by atoms with Gasteiger partial charge in [-0.1, -0.05) is 18.0 Å². The number of anilines is 1. The summed E-state index contributed by atoms with van der Waals surface area (Å²) in [6, 6.07) is 8.07. The van der Waals surface area contributed by atoms with Crippen LogP contribution < -0.4 is 4.90 Å². The van der Waals surface area contributed by atoms with Gasteiger partial charge in [0.15, 0.2) is 0 Å². The van der Waals surface area contributed by atoms with Crippen LogP contribution in [0.3, 0.4) is 0 Å². The molecule has 2 aliphatic heterocycles. The fraction of sp³-hybridized carbons (Fsp3) is 0.619. The Labute approximate surface area is 172 Å². The predicted molar refractivity (Wildman–Crippen MR) is 111 cm³/mol. The zero-order valence-corrected chi connectivity index (χ0v) is 17.3. The Morgan fingerprint density at radius 1 is 0.964 bits per heavy atom. The molecule has 0 N–H and O–H groups in total. The summed E-state index contributed by atoms with van der Waals surface area (Å²) >= 11 is 5.92. The monoisotopic (exact) mass is 404 g/mol. The Morgan fingerprint density at radius 2 is 1.68 bits per heavy atom. The predicted octanol–water partition coefficient (Wildman–Crippen LogP) is 2.91. The average Bonchev–Trinajstić information content (AvgIpc) is 2.85. The van der Waals surface area contributed by atoms with Crippen molar-refractivity contribution in [3.8, 4) is 0 Å². The minimum atomic E-state index is -0.122. The molecule has 2 saturated heterocycles. The molecule has 6 nitrogen and oxygen atoms in total. The number of hydrogen-bond acceptors (Lipinski definition) is 3. The Kier molecular flexibility index (Phi) is 5.78. The summed E-state index contributed by atoms with van der Waals surface area (Å²) in [7, 11) is 1.78. The maximum absolute atomic E-state index is 12.8. The van der Waals surface area contributed by atoms with Crippen LogP contribution in [0.4, 0.5) is 10.5 Å². The van der Waals surface area contributed by atoms with Gasteiger partial charge in [0.05, 0.1) is 5.92 Å². The number of urea groups is 1. The van der Waals surface area contributed by atoms with Crippen LogP contribution in [-0.2, 0) is 4.79 Å². The second-order valence-corrected chi connectivity index (χ2v) is 8.66. The first-order chi connectivity index (χ1) is 13.5. The third kappa shape index (κ3) is 3.98. The maximum Gasteiger partial charge on any atom is 0.320 e. The highest BCUT2D eigenvalue weighted by Gasteiger charge is 2.39. The smallest absolute Gasteiger partial charge is 0.320 e. The normalized spacial score (nSPS) is 21.6. The fourth-order valence-electron chi connectivity index (χ4n) is 4.30. The Hall–Kier alpha value is -1.79. The summed E-state index contributed by atoms with van der Waals surface area (Å²) in [6.45, 7) is 4.72. The van der Waals surface area contributed by atoms with Crippen LogP contribution in [0.25, 0.3) is 0 Å². The van der Waals surface area contributed by atoms with Gasteiger partial charge < -0.3 is 14.7 Å². The molecule has 1 saturated carbocycles. The van der Waals surface area contributed by atoms with Crippen molar-refractivity contribution in [3.05, 3.63) is 29.3 Å². The highest BCUT2D eigenvalue weighted by molar-refractivity contribution is 6.30. The van der Waals surface area contributed by atoms with Gasteiger partial charge in [0.25, 0.3) is 0 Å². The van der Waals surface area contributed by atoms with Crippen LogP contribution in [-0.4, -0.2) is 79.0 Å². The SMILES string of the molecule is CN(C(=O)C1CN(C(=O)N2CCCN(C3CCC3)CC2)C1)c1ccc(Cl)cc1. The molecule has 3 aliphatic rings.